The number of nitrogens with zero attached hydrogens (tertiary/aromatic N) is 2. The number of benzene rings is 2. The fraction of sp³-hybridized carbons (Fsp3) is 0.368. The molecule has 0 aliphatic carbocycles. The van der Waals surface area contributed by atoms with Crippen LogP contribution in [0.25, 0.3) is 0 Å². The van der Waals surface area contributed by atoms with Crippen molar-refractivity contribution >= 4 is 21.4 Å². The molecule has 0 unspecified atom stereocenters. The van der Waals surface area contributed by atoms with Crippen molar-refractivity contribution in [1.29, 1.82) is 0 Å². The fourth-order valence-corrected chi connectivity index (χ4v) is 4.44. The Morgan fingerprint density at radius 1 is 0.960 bits per heavy atom. The number of piperazine rings is 1. The van der Waals surface area contributed by atoms with E-state index in [0.717, 1.165) is 44.0 Å². The lowest BCUT2D eigenvalue weighted by Gasteiger charge is -2.35. The summed E-state index contributed by atoms with van der Waals surface area (Å²) in [5.74, 6) is 0. The van der Waals surface area contributed by atoms with E-state index in [2.05, 4.69) is 21.4 Å². The zero-order chi connectivity index (χ0) is 17.9. The summed E-state index contributed by atoms with van der Waals surface area (Å²) in [6, 6.07) is 14.6. The number of anilines is 2. The minimum absolute atomic E-state index is 0.315. The van der Waals surface area contributed by atoms with E-state index in [1.165, 1.54) is 0 Å². The Labute approximate surface area is 150 Å². The molecule has 1 fully saturated rings. The number of aryl methyl sites for hydroxylation is 1. The van der Waals surface area contributed by atoms with Crippen LogP contribution >= 0.6 is 0 Å². The van der Waals surface area contributed by atoms with Crippen molar-refractivity contribution in [2.75, 3.05) is 42.3 Å². The molecule has 0 atom stereocenters. The normalized spacial score (nSPS) is 16.0. The van der Waals surface area contributed by atoms with Crippen LogP contribution in [0.15, 0.2) is 53.4 Å². The Hall–Kier alpha value is -2.05. The lowest BCUT2D eigenvalue weighted by atomic mass is 10.2. The molecule has 6 heteroatoms. The van der Waals surface area contributed by atoms with Gasteiger partial charge in [-0.25, -0.2) is 8.42 Å². The summed E-state index contributed by atoms with van der Waals surface area (Å²) in [7, 11) is -3.56. The van der Waals surface area contributed by atoms with E-state index in [-0.39, 0.29) is 0 Å². The molecule has 1 saturated heterocycles. The summed E-state index contributed by atoms with van der Waals surface area (Å²) in [5.41, 5.74) is 2.45. The van der Waals surface area contributed by atoms with Crippen LogP contribution < -0.4 is 9.62 Å². The number of hydrogen-bond donors (Lipinski definition) is 1. The third-order valence-electron chi connectivity index (χ3n) is 4.69. The highest BCUT2D eigenvalue weighted by Gasteiger charge is 2.18. The maximum atomic E-state index is 12.6. The quantitative estimate of drug-likeness (QED) is 0.892. The molecule has 1 aliphatic rings. The van der Waals surface area contributed by atoms with Crippen LogP contribution in [0.4, 0.5) is 11.4 Å². The molecule has 5 nitrogen and oxygen atoms in total. The average Bonchev–Trinajstić information content (AvgIpc) is 2.62. The van der Waals surface area contributed by atoms with E-state index < -0.39 is 10.0 Å². The summed E-state index contributed by atoms with van der Waals surface area (Å²) in [6.07, 6.45) is 0. The van der Waals surface area contributed by atoms with Gasteiger partial charge in [-0.1, -0.05) is 25.1 Å². The van der Waals surface area contributed by atoms with Crippen LogP contribution in [0.5, 0.6) is 0 Å². The van der Waals surface area contributed by atoms with Gasteiger partial charge in [-0.05, 0) is 49.4 Å². The van der Waals surface area contributed by atoms with Crippen LogP contribution in [0.2, 0.25) is 0 Å². The number of nitrogens with one attached hydrogen (secondary N) is 1. The smallest absolute Gasteiger partial charge is 0.262 e. The van der Waals surface area contributed by atoms with Crippen molar-refractivity contribution in [2.24, 2.45) is 0 Å². The summed E-state index contributed by atoms with van der Waals surface area (Å²) >= 11 is 0. The third-order valence-corrected chi connectivity index (χ3v) is 6.23. The van der Waals surface area contributed by atoms with Gasteiger partial charge >= 0.3 is 0 Å². The SMILES string of the molecule is CCN1CCN(c2ccc(NS(=O)(=O)c3ccccc3C)cc2)CC1. The lowest BCUT2D eigenvalue weighted by molar-refractivity contribution is 0.271. The van der Waals surface area contributed by atoms with Crippen molar-refractivity contribution < 1.29 is 8.42 Å². The van der Waals surface area contributed by atoms with Crippen LogP contribution in [-0.4, -0.2) is 46.0 Å². The van der Waals surface area contributed by atoms with E-state index in [0.29, 0.717) is 10.6 Å². The first-order chi connectivity index (χ1) is 12.0. The molecule has 0 saturated carbocycles. The second-order valence-corrected chi connectivity index (χ2v) is 7.99. The zero-order valence-corrected chi connectivity index (χ0v) is 15.6. The molecule has 1 heterocycles. The van der Waals surface area contributed by atoms with Crippen LogP contribution in [0, 0.1) is 6.92 Å². The maximum Gasteiger partial charge on any atom is 0.262 e. The molecule has 0 radical (unpaired) electrons. The van der Waals surface area contributed by atoms with E-state index in [1.54, 1.807) is 25.1 Å². The summed E-state index contributed by atoms with van der Waals surface area (Å²) in [5, 5.41) is 0. The second kappa shape index (κ2) is 7.45. The van der Waals surface area contributed by atoms with Crippen molar-refractivity contribution in [2.45, 2.75) is 18.7 Å². The van der Waals surface area contributed by atoms with Gasteiger partial charge in [0.1, 0.15) is 0 Å². The number of rotatable bonds is 5. The van der Waals surface area contributed by atoms with Crippen LogP contribution in [0.1, 0.15) is 12.5 Å². The average molecular weight is 359 g/mol. The van der Waals surface area contributed by atoms with Crippen molar-refractivity contribution in [3.63, 3.8) is 0 Å². The van der Waals surface area contributed by atoms with Crippen LogP contribution in [0.3, 0.4) is 0 Å². The van der Waals surface area contributed by atoms with Gasteiger partial charge in [0.2, 0.25) is 0 Å². The summed E-state index contributed by atoms with van der Waals surface area (Å²) in [6.45, 7) is 9.21. The van der Waals surface area contributed by atoms with Gasteiger partial charge in [0.25, 0.3) is 10.0 Å². The molecule has 0 amide bonds. The Kier molecular flexibility index (Phi) is 5.30. The zero-order valence-electron chi connectivity index (χ0n) is 14.8. The Morgan fingerprint density at radius 3 is 2.20 bits per heavy atom. The highest BCUT2D eigenvalue weighted by atomic mass is 32.2. The number of sulfonamides is 1. The minimum atomic E-state index is -3.56. The monoisotopic (exact) mass is 359 g/mol. The molecular formula is C19H25N3O2S. The van der Waals surface area contributed by atoms with Gasteiger partial charge in [0.15, 0.2) is 0 Å². The lowest BCUT2D eigenvalue weighted by Crippen LogP contribution is -2.46. The molecule has 2 aromatic rings. The molecule has 0 aromatic heterocycles. The van der Waals surface area contributed by atoms with E-state index >= 15 is 0 Å². The van der Waals surface area contributed by atoms with Crippen molar-refractivity contribution in [3.8, 4) is 0 Å². The molecular weight excluding hydrogens is 334 g/mol. The minimum Gasteiger partial charge on any atom is -0.369 e. The largest absolute Gasteiger partial charge is 0.369 e. The molecule has 1 aliphatic heterocycles. The maximum absolute atomic E-state index is 12.6. The van der Waals surface area contributed by atoms with Gasteiger partial charge in [0.05, 0.1) is 4.90 Å². The Morgan fingerprint density at radius 2 is 1.60 bits per heavy atom. The predicted molar refractivity (Wildman–Crippen MR) is 103 cm³/mol. The molecule has 2 aromatic carbocycles. The van der Waals surface area contributed by atoms with Gasteiger partial charge in [-0.3, -0.25) is 4.72 Å². The Balaban J connectivity index is 1.70. The second-order valence-electron chi connectivity index (χ2n) is 6.34. The predicted octanol–water partition coefficient (Wildman–Crippen LogP) is 2.94. The summed E-state index contributed by atoms with van der Waals surface area (Å²) < 4.78 is 27.8. The fourth-order valence-electron chi connectivity index (χ4n) is 3.13. The van der Waals surface area contributed by atoms with Gasteiger partial charge < -0.3 is 9.80 Å². The molecule has 134 valence electrons. The first-order valence-corrected chi connectivity index (χ1v) is 10.1. The highest BCUT2D eigenvalue weighted by molar-refractivity contribution is 7.92. The summed E-state index contributed by atoms with van der Waals surface area (Å²) in [4.78, 5) is 5.09. The van der Waals surface area contributed by atoms with Gasteiger partial charge in [-0.15, -0.1) is 0 Å². The standard InChI is InChI=1S/C19H25N3O2S/c1-3-21-12-14-22(15-13-21)18-10-8-17(9-11-18)20-25(23,24)19-7-5-4-6-16(19)2/h4-11,20H,3,12-15H2,1-2H3. The molecule has 0 spiro atoms. The third kappa shape index (κ3) is 4.14. The first kappa shape index (κ1) is 17.8. The molecule has 0 bridgehead atoms. The van der Waals surface area contributed by atoms with Crippen LogP contribution in [-0.2, 0) is 10.0 Å². The molecule has 25 heavy (non-hydrogen) atoms. The van der Waals surface area contributed by atoms with E-state index in [4.69, 9.17) is 0 Å². The van der Waals surface area contributed by atoms with Crippen molar-refractivity contribution in [1.82, 2.24) is 4.90 Å². The molecule has 1 N–H and O–H groups in total. The topological polar surface area (TPSA) is 52.6 Å². The van der Waals surface area contributed by atoms with E-state index in [9.17, 15) is 8.42 Å². The number of likely N-dealkylation sites (N-methyl/N-ethyl adjacent to an activating group) is 1. The van der Waals surface area contributed by atoms with E-state index in [1.807, 2.05) is 30.3 Å². The molecule has 3 rings (SSSR count). The van der Waals surface area contributed by atoms with Gasteiger partial charge in [-0.2, -0.15) is 0 Å². The first-order valence-electron chi connectivity index (χ1n) is 8.65. The number of hydrogen-bond acceptors (Lipinski definition) is 4. The Bertz CT molecular complexity index is 811. The van der Waals surface area contributed by atoms with Crippen molar-refractivity contribution in [3.05, 3.63) is 54.1 Å². The van der Waals surface area contributed by atoms with Gasteiger partial charge in [0, 0.05) is 37.6 Å². The highest BCUT2D eigenvalue weighted by Crippen LogP contribution is 2.23.